The smallest absolute Gasteiger partial charge is 0.329 e. The number of carbonyl (C=O) groups excluding carboxylic acids is 4. The molecule has 0 aromatic heterocycles. The summed E-state index contributed by atoms with van der Waals surface area (Å²) in [5, 5.41) is 23.6. The molecule has 1 amide bonds. The molecule has 11 atom stereocenters. The number of aliphatic hydroxyl groups excluding tert-OH is 1. The average Bonchev–Trinajstić information content (AvgIpc) is 3.43. The number of fused-ring (bicyclic) bond motifs is 3. The summed E-state index contributed by atoms with van der Waals surface area (Å²) in [5.74, 6) is -6.78. The van der Waals surface area contributed by atoms with Gasteiger partial charge in [-0.3, -0.25) is 14.4 Å². The molecule has 2 bridgehead atoms. The number of carbonyl (C=O) groups is 4. The largest absolute Gasteiger partial charge is 0.455 e. The minimum absolute atomic E-state index is 0.0148. The van der Waals surface area contributed by atoms with Gasteiger partial charge in [0.05, 0.1) is 24.4 Å². The number of ketones is 2. The van der Waals surface area contributed by atoms with Crippen molar-refractivity contribution in [1.29, 1.82) is 0 Å². The summed E-state index contributed by atoms with van der Waals surface area (Å²) in [6.45, 7) is 11.4. The van der Waals surface area contributed by atoms with Gasteiger partial charge in [0.2, 0.25) is 5.79 Å². The van der Waals surface area contributed by atoms with Gasteiger partial charge in [-0.1, -0.05) is 63.3 Å². The lowest BCUT2D eigenvalue weighted by Crippen LogP contribution is -2.64. The number of ether oxygens (including phenoxy) is 4. The number of nitrogens with two attached hydrogens (primary N) is 1. The number of hydrogen-bond donors (Lipinski definition) is 3. The molecule has 1 aliphatic carbocycles. The number of rotatable bonds is 6. The fourth-order valence-electron chi connectivity index (χ4n) is 9.16. The van der Waals surface area contributed by atoms with Crippen LogP contribution in [0.15, 0.2) is 36.0 Å². The van der Waals surface area contributed by atoms with E-state index in [9.17, 15) is 29.4 Å². The molecule has 0 radical (unpaired) electrons. The van der Waals surface area contributed by atoms with E-state index in [1.165, 1.54) is 19.1 Å². The predicted molar refractivity (Wildman–Crippen MR) is 208 cm³/mol. The number of amides is 1. The first-order valence-electron chi connectivity index (χ1n) is 20.6. The van der Waals surface area contributed by atoms with E-state index in [-0.39, 0.29) is 43.4 Å². The lowest BCUT2D eigenvalue weighted by atomic mass is 9.82. The number of aliphatic hydroxyl groups is 2. The fraction of sp³-hybridized carbons (Fsp3) is 0.767. The van der Waals surface area contributed by atoms with Crippen molar-refractivity contribution in [2.45, 2.75) is 166 Å². The van der Waals surface area contributed by atoms with Crippen molar-refractivity contribution in [3.8, 4) is 0 Å². The Balaban J connectivity index is 1.78. The van der Waals surface area contributed by atoms with E-state index in [1.54, 1.807) is 13.0 Å². The second-order valence-corrected chi connectivity index (χ2v) is 16.8. The molecular formula is C43H68N2O10. The zero-order valence-corrected chi connectivity index (χ0v) is 34.1. The van der Waals surface area contributed by atoms with Crippen molar-refractivity contribution in [2.75, 3.05) is 20.8 Å². The van der Waals surface area contributed by atoms with Crippen LogP contribution in [0.1, 0.15) is 118 Å². The molecule has 3 fully saturated rings. The third kappa shape index (κ3) is 11.2. The first kappa shape index (κ1) is 45.0. The highest BCUT2D eigenvalue weighted by molar-refractivity contribution is 6.39. The number of nitrogens with zero attached hydrogens (tertiary/aromatic N) is 1. The predicted octanol–water partition coefficient (Wildman–Crippen LogP) is 5.12. The summed E-state index contributed by atoms with van der Waals surface area (Å²) in [6.07, 6.45) is 10.4. The van der Waals surface area contributed by atoms with E-state index in [0.717, 1.165) is 44.1 Å². The van der Waals surface area contributed by atoms with Crippen molar-refractivity contribution in [3.63, 3.8) is 0 Å². The second kappa shape index (κ2) is 20.6. The van der Waals surface area contributed by atoms with Gasteiger partial charge in [0.25, 0.3) is 11.7 Å². The Morgan fingerprint density at radius 3 is 2.27 bits per heavy atom. The van der Waals surface area contributed by atoms with Crippen LogP contribution in [-0.4, -0.2) is 108 Å². The molecule has 0 unspecified atom stereocenters. The van der Waals surface area contributed by atoms with E-state index in [1.807, 2.05) is 26.8 Å². The summed E-state index contributed by atoms with van der Waals surface area (Å²) in [7, 11) is 3.06. The Morgan fingerprint density at radius 1 is 1.00 bits per heavy atom. The molecule has 55 heavy (non-hydrogen) atoms. The molecule has 0 aromatic rings. The average molecular weight is 773 g/mol. The summed E-state index contributed by atoms with van der Waals surface area (Å²) >= 11 is 0. The molecule has 2 saturated heterocycles. The van der Waals surface area contributed by atoms with Crippen LogP contribution in [0, 0.1) is 23.7 Å². The molecule has 4 rings (SSSR count). The van der Waals surface area contributed by atoms with E-state index < -0.39 is 77.9 Å². The molecule has 4 aliphatic rings. The van der Waals surface area contributed by atoms with Crippen LogP contribution in [0.25, 0.3) is 0 Å². The van der Waals surface area contributed by atoms with Crippen molar-refractivity contribution < 1.29 is 48.3 Å². The Bertz CT molecular complexity index is 1410. The number of Topliss-reactive ketones (excluding diaryl/α,β-unsaturated/α-hetero) is 2. The van der Waals surface area contributed by atoms with Crippen LogP contribution in [0.4, 0.5) is 0 Å². The van der Waals surface area contributed by atoms with Gasteiger partial charge < -0.3 is 39.8 Å². The lowest BCUT2D eigenvalue weighted by Gasteiger charge is -2.47. The molecule has 12 nitrogen and oxygen atoms in total. The number of allylic oxidation sites excluding steroid dienone is 4. The van der Waals surface area contributed by atoms with Crippen molar-refractivity contribution in [3.05, 3.63) is 36.0 Å². The highest BCUT2D eigenvalue weighted by atomic mass is 16.7. The number of cyclic esters (lactones) is 1. The van der Waals surface area contributed by atoms with Crippen LogP contribution < -0.4 is 5.73 Å². The molecule has 3 heterocycles. The molecular weight excluding hydrogens is 704 g/mol. The summed E-state index contributed by atoms with van der Waals surface area (Å²) < 4.78 is 24.1. The minimum Gasteiger partial charge on any atom is -0.455 e. The van der Waals surface area contributed by atoms with E-state index >= 15 is 0 Å². The Kier molecular flexibility index (Phi) is 16.9. The number of hydrogen-bond acceptors (Lipinski definition) is 11. The van der Waals surface area contributed by atoms with Gasteiger partial charge in [-0.2, -0.15) is 0 Å². The first-order chi connectivity index (χ1) is 26.1. The molecule has 3 aliphatic heterocycles. The van der Waals surface area contributed by atoms with Crippen LogP contribution in [0.5, 0.6) is 0 Å². The number of piperidine rings is 1. The quantitative estimate of drug-likeness (QED) is 0.141. The van der Waals surface area contributed by atoms with E-state index in [2.05, 4.69) is 12.7 Å². The van der Waals surface area contributed by atoms with Gasteiger partial charge in [0.1, 0.15) is 24.0 Å². The van der Waals surface area contributed by atoms with Crippen LogP contribution in [0.2, 0.25) is 0 Å². The third-order valence-electron chi connectivity index (χ3n) is 12.4. The van der Waals surface area contributed by atoms with Crippen molar-refractivity contribution >= 4 is 23.4 Å². The van der Waals surface area contributed by atoms with Crippen LogP contribution >= 0.6 is 0 Å². The fourth-order valence-corrected chi connectivity index (χ4v) is 9.16. The Labute approximate surface area is 328 Å². The van der Waals surface area contributed by atoms with Crippen LogP contribution in [0.3, 0.4) is 0 Å². The summed E-state index contributed by atoms with van der Waals surface area (Å²) in [5.41, 5.74) is 8.37. The normalized spacial score (nSPS) is 38.5. The van der Waals surface area contributed by atoms with Gasteiger partial charge in [-0.05, 0) is 89.0 Å². The maximum absolute atomic E-state index is 14.2. The van der Waals surface area contributed by atoms with Gasteiger partial charge in [-0.15, -0.1) is 6.58 Å². The summed E-state index contributed by atoms with van der Waals surface area (Å²) in [6, 6.07) is -2.29. The molecule has 1 saturated carbocycles. The minimum atomic E-state index is -2.50. The molecule has 0 spiro atoms. The zero-order valence-electron chi connectivity index (χ0n) is 34.1. The topological polar surface area (TPSA) is 175 Å². The van der Waals surface area contributed by atoms with Crippen molar-refractivity contribution in [2.24, 2.45) is 29.4 Å². The van der Waals surface area contributed by atoms with Crippen LogP contribution in [-0.2, 0) is 38.1 Å². The van der Waals surface area contributed by atoms with Gasteiger partial charge in [0.15, 0.2) is 0 Å². The van der Waals surface area contributed by atoms with Gasteiger partial charge >= 0.3 is 5.97 Å². The molecule has 310 valence electrons. The lowest BCUT2D eigenvalue weighted by molar-refractivity contribution is -0.302. The number of methoxy groups -OCH3 is 2. The highest BCUT2D eigenvalue weighted by Crippen LogP contribution is 2.39. The Morgan fingerprint density at radius 2 is 1.64 bits per heavy atom. The molecule has 12 heteroatoms. The summed E-state index contributed by atoms with van der Waals surface area (Å²) in [4.78, 5) is 57.6. The third-order valence-corrected chi connectivity index (χ3v) is 12.4. The maximum atomic E-state index is 14.2. The molecule has 0 aromatic carbocycles. The standard InChI is InChI=1S/C43H68N2O10/c1-8-15-31-21-26(2)20-27(3)22-35(52-6)39-36(53-7)24-29(5)43(51,55-39)40(48)41(49)45-19-14-13-18-32(45)42(50)54-38(37(44)34(47)25-33(31)46)28(4)23-30-16-11-9-10-12-17-30/h8,21,23,27,29-32,34-39,47,51H,1,9-20,22,24-25,44H2,2-7H3/b26-21+,28-23+/t27-,29+,31+,32-,34-,35-,36-,37+,38+,39+,43+/m0/s1. The molecule has 4 N–H and O–H groups in total. The maximum Gasteiger partial charge on any atom is 0.329 e. The van der Waals surface area contributed by atoms with Crippen molar-refractivity contribution in [1.82, 2.24) is 4.90 Å². The SMILES string of the molecule is C=CC[C@@H]1/C=C(\C)C[C@H](C)C[C@H](OC)[C@H]2O[C@@](O)(C(=O)C(=O)N3CCCC[C@H]3C(=O)O[C@H](/C(C)=C/C3CCCCCC3)[C@H](N)[C@@H](O)CC1=O)[C@H](C)C[C@@H]2OC. The van der Waals surface area contributed by atoms with E-state index in [0.29, 0.717) is 37.7 Å². The Hall–Kier alpha value is -2.74. The van der Waals surface area contributed by atoms with Gasteiger partial charge in [-0.25, -0.2) is 4.79 Å². The monoisotopic (exact) mass is 772 g/mol. The second-order valence-electron chi connectivity index (χ2n) is 16.8. The first-order valence-corrected chi connectivity index (χ1v) is 20.6. The zero-order chi connectivity index (χ0) is 40.4. The number of esters is 1. The highest BCUT2D eigenvalue weighted by Gasteiger charge is 2.56. The van der Waals surface area contributed by atoms with Gasteiger partial charge in [0, 0.05) is 39.0 Å². The van der Waals surface area contributed by atoms with E-state index in [4.69, 9.17) is 24.7 Å².